The molecular formula is C20H21N3O4. The summed E-state index contributed by atoms with van der Waals surface area (Å²) < 4.78 is 4.98. The molecule has 3 heterocycles. The Morgan fingerprint density at radius 2 is 2.07 bits per heavy atom. The van der Waals surface area contributed by atoms with Crippen LogP contribution < -0.4 is 4.90 Å². The number of amides is 2. The van der Waals surface area contributed by atoms with Gasteiger partial charge in [0.15, 0.2) is 0 Å². The lowest BCUT2D eigenvalue weighted by atomic mass is 9.72. The van der Waals surface area contributed by atoms with Crippen molar-refractivity contribution in [2.45, 2.75) is 18.0 Å². The maximum Gasteiger partial charge on any atom is 0.259 e. The van der Waals surface area contributed by atoms with E-state index in [1.165, 1.54) is 7.11 Å². The lowest BCUT2D eigenvalue weighted by molar-refractivity contribution is -0.154. The van der Waals surface area contributed by atoms with Gasteiger partial charge in [-0.15, -0.1) is 0 Å². The zero-order valence-corrected chi connectivity index (χ0v) is 15.0. The largest absolute Gasteiger partial charge is 0.394 e. The number of anilines is 1. The third-order valence-corrected chi connectivity index (χ3v) is 5.40. The summed E-state index contributed by atoms with van der Waals surface area (Å²) in [6, 6.07) is 10.7. The number of nitrogens with zero attached hydrogens (tertiary/aromatic N) is 3. The fourth-order valence-electron chi connectivity index (χ4n) is 4.27. The summed E-state index contributed by atoms with van der Waals surface area (Å²) in [6.07, 6.45) is 3.17. The molecule has 27 heavy (non-hydrogen) atoms. The number of para-hydroxylation sites is 1. The number of likely N-dealkylation sites (tertiary alicyclic amines) is 1. The molecule has 1 N–H and O–H groups in total. The highest BCUT2D eigenvalue weighted by molar-refractivity contribution is 6.07. The van der Waals surface area contributed by atoms with Crippen LogP contribution in [0.2, 0.25) is 0 Å². The van der Waals surface area contributed by atoms with Crippen molar-refractivity contribution in [3.63, 3.8) is 0 Å². The predicted octanol–water partition coefficient (Wildman–Crippen LogP) is 1.04. The molecular weight excluding hydrogens is 346 g/mol. The highest BCUT2D eigenvalue weighted by Crippen LogP contribution is 2.48. The molecule has 0 saturated carbocycles. The highest BCUT2D eigenvalue weighted by atomic mass is 16.5. The van der Waals surface area contributed by atoms with Gasteiger partial charge in [-0.2, -0.15) is 0 Å². The molecule has 0 radical (unpaired) electrons. The van der Waals surface area contributed by atoms with Crippen LogP contribution in [-0.4, -0.2) is 65.8 Å². The fourth-order valence-corrected chi connectivity index (χ4v) is 4.27. The minimum Gasteiger partial charge on any atom is -0.394 e. The number of aromatic nitrogens is 1. The number of ether oxygens (including phenoxy) is 1. The molecule has 140 valence electrons. The number of carbonyl (C=O) groups is 2. The zero-order chi connectivity index (χ0) is 19.0. The SMILES string of the molecule is COCC(=O)N1[C@H](CO)[C@H]2c3ccccc3N(C(=O)c3cccnc3)C[C@H]21. The van der Waals surface area contributed by atoms with Gasteiger partial charge in [0.25, 0.3) is 5.91 Å². The first-order valence-electron chi connectivity index (χ1n) is 8.89. The second kappa shape index (κ2) is 7.09. The van der Waals surface area contributed by atoms with Crippen LogP contribution in [0.1, 0.15) is 21.8 Å². The monoisotopic (exact) mass is 367 g/mol. The predicted molar refractivity (Wildman–Crippen MR) is 98.5 cm³/mol. The molecule has 1 aromatic heterocycles. The van der Waals surface area contributed by atoms with Crippen molar-refractivity contribution >= 4 is 17.5 Å². The van der Waals surface area contributed by atoms with Crippen LogP contribution in [0.3, 0.4) is 0 Å². The number of methoxy groups -OCH3 is 1. The number of aliphatic hydroxyl groups is 1. The van der Waals surface area contributed by atoms with Gasteiger partial charge < -0.3 is 19.6 Å². The molecule has 1 aromatic carbocycles. The van der Waals surface area contributed by atoms with Crippen LogP contribution in [0.15, 0.2) is 48.8 Å². The molecule has 0 unspecified atom stereocenters. The first-order valence-corrected chi connectivity index (χ1v) is 8.89. The van der Waals surface area contributed by atoms with Crippen molar-refractivity contribution in [3.8, 4) is 0 Å². The number of pyridine rings is 1. The van der Waals surface area contributed by atoms with Crippen molar-refractivity contribution in [2.75, 3.05) is 31.8 Å². The minimum atomic E-state index is -0.297. The maximum absolute atomic E-state index is 13.1. The highest BCUT2D eigenvalue weighted by Gasteiger charge is 2.55. The number of hydrogen-bond donors (Lipinski definition) is 1. The molecule has 0 aliphatic carbocycles. The lowest BCUT2D eigenvalue weighted by Gasteiger charge is -2.58. The topological polar surface area (TPSA) is 83.0 Å². The number of benzene rings is 1. The van der Waals surface area contributed by atoms with Gasteiger partial charge in [0.05, 0.1) is 24.3 Å². The zero-order valence-electron chi connectivity index (χ0n) is 15.0. The Morgan fingerprint density at radius 1 is 1.26 bits per heavy atom. The third kappa shape index (κ3) is 2.79. The number of rotatable bonds is 4. The first kappa shape index (κ1) is 17.6. The Balaban J connectivity index is 1.72. The molecule has 4 rings (SSSR count). The average molecular weight is 367 g/mol. The number of aliphatic hydroxyl groups excluding tert-OH is 1. The van der Waals surface area contributed by atoms with Crippen molar-refractivity contribution < 1.29 is 19.4 Å². The summed E-state index contributed by atoms with van der Waals surface area (Å²) in [5.74, 6) is -0.323. The molecule has 3 atom stereocenters. The van der Waals surface area contributed by atoms with E-state index in [4.69, 9.17) is 4.74 Å². The van der Waals surface area contributed by atoms with E-state index < -0.39 is 0 Å². The third-order valence-electron chi connectivity index (χ3n) is 5.40. The van der Waals surface area contributed by atoms with Crippen molar-refractivity contribution in [1.82, 2.24) is 9.88 Å². The van der Waals surface area contributed by atoms with Crippen molar-refractivity contribution in [3.05, 3.63) is 59.9 Å². The second-order valence-corrected chi connectivity index (χ2v) is 6.79. The standard InChI is InChI=1S/C20H21N3O4/c1-27-12-18(25)23-16-10-22(20(26)13-5-4-8-21-9-13)15-7-3-2-6-14(15)19(16)17(23)11-24/h2-9,16-17,19,24H,10-12H2,1H3/t16-,17-,19+/m1/s1. The summed E-state index contributed by atoms with van der Waals surface area (Å²) in [5.41, 5.74) is 2.30. The summed E-state index contributed by atoms with van der Waals surface area (Å²) in [6.45, 7) is 0.209. The van der Waals surface area contributed by atoms with E-state index >= 15 is 0 Å². The van der Waals surface area contributed by atoms with Gasteiger partial charge in [-0.05, 0) is 23.8 Å². The van der Waals surface area contributed by atoms with Gasteiger partial charge in [-0.25, -0.2) is 0 Å². The molecule has 2 aliphatic heterocycles. The molecule has 1 fully saturated rings. The van der Waals surface area contributed by atoms with Gasteiger partial charge in [0, 0.05) is 37.7 Å². The van der Waals surface area contributed by atoms with Crippen LogP contribution in [0, 0.1) is 0 Å². The molecule has 2 aromatic rings. The Kier molecular flexibility index (Phi) is 4.63. The lowest BCUT2D eigenvalue weighted by Crippen LogP contribution is -2.71. The minimum absolute atomic E-state index is 0.00459. The van der Waals surface area contributed by atoms with Crippen molar-refractivity contribution in [2.24, 2.45) is 0 Å². The van der Waals surface area contributed by atoms with Gasteiger partial charge in [-0.3, -0.25) is 14.6 Å². The molecule has 0 spiro atoms. The van der Waals surface area contributed by atoms with Crippen LogP contribution in [0.5, 0.6) is 0 Å². The Bertz CT molecular complexity index is 857. The second-order valence-electron chi connectivity index (χ2n) is 6.79. The number of hydrogen-bond acceptors (Lipinski definition) is 5. The fraction of sp³-hybridized carbons (Fsp3) is 0.350. The van der Waals surface area contributed by atoms with Gasteiger partial charge >= 0.3 is 0 Å². The van der Waals surface area contributed by atoms with E-state index in [0.717, 1.165) is 11.3 Å². The molecule has 2 aliphatic rings. The Labute approximate surface area is 157 Å². The number of fused-ring (bicyclic) bond motifs is 3. The summed E-state index contributed by atoms with van der Waals surface area (Å²) in [4.78, 5) is 33.0. The quantitative estimate of drug-likeness (QED) is 0.873. The smallest absolute Gasteiger partial charge is 0.259 e. The maximum atomic E-state index is 13.1. The molecule has 2 amide bonds. The van der Waals surface area contributed by atoms with Crippen LogP contribution in [0.25, 0.3) is 0 Å². The number of carbonyl (C=O) groups excluding carboxylic acids is 2. The van der Waals surface area contributed by atoms with E-state index in [0.29, 0.717) is 12.1 Å². The summed E-state index contributed by atoms with van der Waals surface area (Å²) in [5, 5.41) is 9.87. The molecule has 1 saturated heterocycles. The van der Waals surface area contributed by atoms with E-state index in [1.807, 2.05) is 24.3 Å². The summed E-state index contributed by atoms with van der Waals surface area (Å²) >= 11 is 0. The molecule has 0 bridgehead atoms. The van der Waals surface area contributed by atoms with Gasteiger partial charge in [0.2, 0.25) is 5.91 Å². The van der Waals surface area contributed by atoms with Crippen molar-refractivity contribution in [1.29, 1.82) is 0 Å². The van der Waals surface area contributed by atoms with Crippen LogP contribution >= 0.6 is 0 Å². The average Bonchev–Trinajstić information content (AvgIpc) is 2.68. The normalized spacial score (nSPS) is 23.3. The summed E-state index contributed by atoms with van der Waals surface area (Å²) in [7, 11) is 1.47. The molecule has 7 nitrogen and oxygen atoms in total. The van der Waals surface area contributed by atoms with E-state index in [-0.39, 0.29) is 43.0 Å². The molecule has 7 heteroatoms. The van der Waals surface area contributed by atoms with Crippen LogP contribution in [-0.2, 0) is 9.53 Å². The van der Waals surface area contributed by atoms with E-state index in [9.17, 15) is 14.7 Å². The van der Waals surface area contributed by atoms with Crippen LogP contribution in [0.4, 0.5) is 5.69 Å². The Hall–Kier alpha value is -2.77. The van der Waals surface area contributed by atoms with E-state index in [2.05, 4.69) is 4.98 Å². The van der Waals surface area contributed by atoms with Gasteiger partial charge in [-0.1, -0.05) is 18.2 Å². The Morgan fingerprint density at radius 3 is 2.78 bits per heavy atom. The van der Waals surface area contributed by atoms with Gasteiger partial charge in [0.1, 0.15) is 6.61 Å². The van der Waals surface area contributed by atoms with E-state index in [1.54, 1.807) is 34.3 Å². The first-order chi connectivity index (χ1) is 13.2.